The normalized spacial score (nSPS) is 25.1. The number of benzene rings is 1. The number of fused-ring (bicyclic) bond motifs is 1. The zero-order valence-electron chi connectivity index (χ0n) is 11.9. The zero-order valence-corrected chi connectivity index (χ0v) is 11.9. The lowest BCUT2D eigenvalue weighted by Gasteiger charge is -2.22. The van der Waals surface area contributed by atoms with Crippen molar-refractivity contribution in [1.29, 1.82) is 0 Å². The van der Waals surface area contributed by atoms with Crippen LogP contribution in [0.15, 0.2) is 28.8 Å². The number of nitrogens with zero attached hydrogens (tertiary/aromatic N) is 2. The van der Waals surface area contributed by atoms with Crippen molar-refractivity contribution in [2.24, 2.45) is 0 Å². The summed E-state index contributed by atoms with van der Waals surface area (Å²) in [5.74, 6) is 2.63. The molecule has 1 aromatic heterocycles. The molecule has 0 saturated carbocycles. The molecule has 1 N–H and O–H groups in total. The van der Waals surface area contributed by atoms with Crippen molar-refractivity contribution in [3.8, 4) is 5.75 Å². The van der Waals surface area contributed by atoms with Crippen LogP contribution in [0.4, 0.5) is 0 Å². The van der Waals surface area contributed by atoms with Crippen LogP contribution in [0.2, 0.25) is 0 Å². The predicted molar refractivity (Wildman–Crippen MR) is 77.3 cm³/mol. The van der Waals surface area contributed by atoms with Gasteiger partial charge in [-0.3, -0.25) is 0 Å². The van der Waals surface area contributed by atoms with E-state index in [4.69, 9.17) is 9.26 Å². The van der Waals surface area contributed by atoms with E-state index in [9.17, 15) is 0 Å². The maximum atomic E-state index is 5.80. The largest absolute Gasteiger partial charge is 0.492 e. The highest BCUT2D eigenvalue weighted by Crippen LogP contribution is 2.32. The van der Waals surface area contributed by atoms with Crippen molar-refractivity contribution in [1.82, 2.24) is 15.5 Å². The summed E-state index contributed by atoms with van der Waals surface area (Å²) in [7, 11) is 0. The summed E-state index contributed by atoms with van der Waals surface area (Å²) >= 11 is 0. The molecule has 1 fully saturated rings. The summed E-state index contributed by atoms with van der Waals surface area (Å²) in [4.78, 5) is 4.61. The maximum Gasteiger partial charge on any atom is 0.233 e. The predicted octanol–water partition coefficient (Wildman–Crippen LogP) is 2.60. The van der Waals surface area contributed by atoms with E-state index in [-0.39, 0.29) is 12.0 Å². The fourth-order valence-corrected chi connectivity index (χ4v) is 3.11. The van der Waals surface area contributed by atoms with Crippen molar-refractivity contribution >= 4 is 0 Å². The third-order valence-corrected chi connectivity index (χ3v) is 4.31. The van der Waals surface area contributed by atoms with Crippen molar-refractivity contribution in [2.75, 3.05) is 13.2 Å². The molecule has 1 aromatic carbocycles. The lowest BCUT2D eigenvalue weighted by molar-refractivity contribution is 0.229. The minimum atomic E-state index is 0.157. The lowest BCUT2D eigenvalue weighted by Crippen LogP contribution is -2.27. The Labute approximate surface area is 123 Å². The highest BCUT2D eigenvalue weighted by Gasteiger charge is 2.28. The molecule has 3 heterocycles. The van der Waals surface area contributed by atoms with E-state index < -0.39 is 0 Å². The van der Waals surface area contributed by atoms with Crippen LogP contribution in [0.25, 0.3) is 0 Å². The minimum absolute atomic E-state index is 0.157. The van der Waals surface area contributed by atoms with Crippen LogP contribution in [0.5, 0.6) is 5.75 Å². The Morgan fingerprint density at radius 1 is 1.19 bits per heavy atom. The molecule has 2 aromatic rings. The van der Waals surface area contributed by atoms with Crippen molar-refractivity contribution in [3.63, 3.8) is 0 Å². The van der Waals surface area contributed by atoms with Gasteiger partial charge in [0, 0.05) is 0 Å². The second-order valence-corrected chi connectivity index (χ2v) is 5.81. The molecule has 0 aliphatic carbocycles. The maximum absolute atomic E-state index is 5.80. The van der Waals surface area contributed by atoms with Crippen LogP contribution in [0.3, 0.4) is 0 Å². The molecule has 0 spiro atoms. The first-order valence-electron chi connectivity index (χ1n) is 7.68. The number of nitrogens with one attached hydrogen (secondary N) is 1. The van der Waals surface area contributed by atoms with Gasteiger partial charge in [0.05, 0.1) is 12.0 Å². The SMILES string of the molecule is c1ccc2c(c1)CC(c1nc(C3CCCCN3)no1)CO2. The molecule has 2 aliphatic rings. The first-order valence-corrected chi connectivity index (χ1v) is 7.68. The highest BCUT2D eigenvalue weighted by atomic mass is 16.5. The van der Waals surface area contributed by atoms with Crippen LogP contribution >= 0.6 is 0 Å². The lowest BCUT2D eigenvalue weighted by atomic mass is 9.97. The van der Waals surface area contributed by atoms with Crippen LogP contribution in [-0.4, -0.2) is 23.3 Å². The van der Waals surface area contributed by atoms with E-state index in [0.29, 0.717) is 12.5 Å². The molecule has 1 saturated heterocycles. The monoisotopic (exact) mass is 285 g/mol. The third kappa shape index (κ3) is 2.53. The Morgan fingerprint density at radius 2 is 2.14 bits per heavy atom. The van der Waals surface area contributed by atoms with Crippen molar-refractivity contribution < 1.29 is 9.26 Å². The van der Waals surface area contributed by atoms with E-state index in [2.05, 4.69) is 21.5 Å². The number of piperidine rings is 1. The van der Waals surface area contributed by atoms with Gasteiger partial charge in [0.15, 0.2) is 5.82 Å². The molecule has 0 radical (unpaired) electrons. The second kappa shape index (κ2) is 5.48. The van der Waals surface area contributed by atoms with Crippen molar-refractivity contribution in [2.45, 2.75) is 37.6 Å². The van der Waals surface area contributed by atoms with E-state index in [1.54, 1.807) is 0 Å². The Kier molecular flexibility index (Phi) is 3.35. The molecule has 2 unspecified atom stereocenters. The molecule has 2 aliphatic heterocycles. The van der Waals surface area contributed by atoms with E-state index in [1.807, 2.05) is 18.2 Å². The number of aromatic nitrogens is 2. The van der Waals surface area contributed by atoms with Gasteiger partial charge in [-0.15, -0.1) is 0 Å². The van der Waals surface area contributed by atoms with E-state index in [1.165, 1.54) is 18.4 Å². The molecular formula is C16H19N3O2. The summed E-state index contributed by atoms with van der Waals surface area (Å²) in [6.07, 6.45) is 4.44. The van der Waals surface area contributed by atoms with Gasteiger partial charge < -0.3 is 14.6 Å². The quantitative estimate of drug-likeness (QED) is 0.919. The summed E-state index contributed by atoms with van der Waals surface area (Å²) in [5, 5.41) is 7.62. The first kappa shape index (κ1) is 12.8. The van der Waals surface area contributed by atoms with Gasteiger partial charge in [-0.1, -0.05) is 29.8 Å². The molecule has 21 heavy (non-hydrogen) atoms. The van der Waals surface area contributed by atoms with Gasteiger partial charge >= 0.3 is 0 Å². The standard InChI is InChI=1S/C16H19N3O2/c1-2-7-14-11(5-1)9-12(10-20-14)16-18-15(19-21-16)13-6-3-4-8-17-13/h1-2,5,7,12-13,17H,3-4,6,8-10H2. The Bertz CT molecular complexity index is 619. The Morgan fingerprint density at radius 3 is 3.05 bits per heavy atom. The Balaban J connectivity index is 1.51. The zero-order chi connectivity index (χ0) is 14.1. The van der Waals surface area contributed by atoms with Crippen LogP contribution in [0, 0.1) is 0 Å². The van der Waals surface area contributed by atoms with Gasteiger partial charge in [0.25, 0.3) is 0 Å². The summed E-state index contributed by atoms with van der Waals surface area (Å²) in [6, 6.07) is 8.39. The van der Waals surface area contributed by atoms with Crippen LogP contribution in [-0.2, 0) is 6.42 Å². The fourth-order valence-electron chi connectivity index (χ4n) is 3.11. The van der Waals surface area contributed by atoms with Crippen LogP contribution in [0.1, 0.15) is 48.5 Å². The summed E-state index contributed by atoms with van der Waals surface area (Å²) < 4.78 is 11.3. The number of para-hydroxylation sites is 1. The number of ether oxygens (including phenoxy) is 1. The number of hydrogen-bond donors (Lipinski definition) is 1. The molecule has 0 bridgehead atoms. The van der Waals surface area contributed by atoms with Gasteiger partial charge in [-0.2, -0.15) is 4.98 Å². The fraction of sp³-hybridized carbons (Fsp3) is 0.500. The van der Waals surface area contributed by atoms with Crippen LogP contribution < -0.4 is 10.1 Å². The van der Waals surface area contributed by atoms with Gasteiger partial charge in [0.2, 0.25) is 5.89 Å². The van der Waals surface area contributed by atoms with Gasteiger partial charge in [-0.25, -0.2) is 0 Å². The summed E-state index contributed by atoms with van der Waals surface area (Å²) in [5.41, 5.74) is 1.21. The smallest absolute Gasteiger partial charge is 0.233 e. The number of rotatable bonds is 2. The average molecular weight is 285 g/mol. The molecule has 5 nitrogen and oxygen atoms in total. The average Bonchev–Trinajstić information content (AvgIpc) is 3.05. The molecule has 4 rings (SSSR count). The molecule has 110 valence electrons. The highest BCUT2D eigenvalue weighted by molar-refractivity contribution is 5.36. The van der Waals surface area contributed by atoms with E-state index in [0.717, 1.165) is 31.0 Å². The topological polar surface area (TPSA) is 60.2 Å². The summed E-state index contributed by atoms with van der Waals surface area (Å²) in [6.45, 7) is 1.64. The molecule has 5 heteroatoms. The first-order chi connectivity index (χ1) is 10.4. The van der Waals surface area contributed by atoms with Gasteiger partial charge in [0.1, 0.15) is 12.4 Å². The molecular weight excluding hydrogens is 266 g/mol. The van der Waals surface area contributed by atoms with Gasteiger partial charge in [-0.05, 0) is 37.4 Å². The second-order valence-electron chi connectivity index (χ2n) is 5.81. The minimum Gasteiger partial charge on any atom is -0.492 e. The van der Waals surface area contributed by atoms with Crippen molar-refractivity contribution in [3.05, 3.63) is 41.5 Å². The van der Waals surface area contributed by atoms with E-state index >= 15 is 0 Å². The number of hydrogen-bond acceptors (Lipinski definition) is 5. The molecule has 0 amide bonds. The Hall–Kier alpha value is -1.88. The third-order valence-electron chi connectivity index (χ3n) is 4.31. The molecule has 2 atom stereocenters.